The summed E-state index contributed by atoms with van der Waals surface area (Å²) in [5, 5.41) is 1.40. The van der Waals surface area contributed by atoms with Gasteiger partial charge in [-0.25, -0.2) is 9.59 Å². The van der Waals surface area contributed by atoms with Crippen LogP contribution in [0.3, 0.4) is 0 Å². The van der Waals surface area contributed by atoms with Crippen molar-refractivity contribution in [3.8, 4) is 0 Å². The number of hydrogen-bond acceptors (Lipinski definition) is 7. The van der Waals surface area contributed by atoms with Crippen LogP contribution >= 0.6 is 0 Å². The number of hydrogen-bond donors (Lipinski definition) is 2. The molecule has 0 aliphatic heterocycles. The number of H-pyrrole nitrogens is 2. The van der Waals surface area contributed by atoms with Gasteiger partial charge in [-0.15, -0.1) is 0 Å². The van der Waals surface area contributed by atoms with Crippen molar-refractivity contribution in [1.82, 2.24) is 9.97 Å². The number of aromatic nitrogens is 2. The lowest BCUT2D eigenvalue weighted by molar-refractivity contribution is -0.107. The topological polar surface area (TPSA) is 138 Å². The molecule has 0 spiro atoms. The summed E-state index contributed by atoms with van der Waals surface area (Å²) in [6, 6.07) is 16.7. The summed E-state index contributed by atoms with van der Waals surface area (Å²) in [4.78, 5) is 56.8. The van der Waals surface area contributed by atoms with Crippen LogP contribution in [0.4, 0.5) is 23.1 Å². The lowest BCUT2D eigenvalue weighted by Gasteiger charge is -2.16. The SMILES string of the molecule is CCOC(=O)c1cc2cc(N(C=O)c3ccc(N(C=O)c4ccc5[nH]c(C(=O)OCC)cc5c4)o3)ccc2[nH]1. The lowest BCUT2D eigenvalue weighted by Crippen LogP contribution is -2.14. The van der Waals surface area contributed by atoms with E-state index < -0.39 is 11.9 Å². The normalized spacial score (nSPS) is 10.9. The molecular weight excluding hydrogens is 504 g/mol. The lowest BCUT2D eigenvalue weighted by atomic mass is 10.2. The fourth-order valence-electron chi connectivity index (χ4n) is 4.23. The summed E-state index contributed by atoms with van der Waals surface area (Å²) in [5.41, 5.74) is 2.99. The highest BCUT2D eigenvalue weighted by molar-refractivity contribution is 5.99. The van der Waals surface area contributed by atoms with E-state index in [4.69, 9.17) is 13.9 Å². The van der Waals surface area contributed by atoms with E-state index in [0.717, 1.165) is 0 Å². The van der Waals surface area contributed by atoms with Crippen molar-refractivity contribution >= 4 is 69.7 Å². The van der Waals surface area contributed by atoms with Crippen LogP contribution in [-0.4, -0.2) is 47.9 Å². The zero-order chi connectivity index (χ0) is 27.5. The number of nitrogens with zero attached hydrogens (tertiary/aromatic N) is 2. The Labute approximate surface area is 221 Å². The summed E-state index contributed by atoms with van der Waals surface area (Å²) < 4.78 is 16.0. The van der Waals surface area contributed by atoms with Gasteiger partial charge in [0.05, 0.1) is 24.6 Å². The molecular formula is C28H24N4O7. The molecule has 0 unspecified atom stereocenters. The van der Waals surface area contributed by atoms with Gasteiger partial charge >= 0.3 is 11.9 Å². The number of esters is 2. The van der Waals surface area contributed by atoms with Crippen LogP contribution in [0, 0.1) is 0 Å². The van der Waals surface area contributed by atoms with Crippen LogP contribution in [0.15, 0.2) is 65.1 Å². The Morgan fingerprint density at radius 3 is 1.54 bits per heavy atom. The number of furan rings is 1. The predicted octanol–water partition coefficient (Wildman–Crippen LogP) is 5.18. The van der Waals surface area contributed by atoms with Crippen molar-refractivity contribution < 1.29 is 33.1 Å². The van der Waals surface area contributed by atoms with E-state index in [9.17, 15) is 19.2 Å². The highest BCUT2D eigenvalue weighted by Crippen LogP contribution is 2.35. The summed E-state index contributed by atoms with van der Waals surface area (Å²) >= 11 is 0. The van der Waals surface area contributed by atoms with Gasteiger partial charge < -0.3 is 23.9 Å². The number of nitrogens with one attached hydrogen (secondary N) is 2. The fraction of sp³-hybridized carbons (Fsp3) is 0.143. The molecule has 39 heavy (non-hydrogen) atoms. The standard InChI is InChI=1S/C28H24N4O7/c1-3-37-27(35)23-13-17-11-19(5-7-21(17)29-23)31(15-33)25-9-10-26(39-25)32(16-34)20-6-8-22-18(12-20)14-24(30-22)28(36)38-4-2/h5-16,29-30H,3-4H2,1-2H3. The van der Waals surface area contributed by atoms with Gasteiger partial charge in [0.1, 0.15) is 11.4 Å². The second-order valence-corrected chi connectivity index (χ2v) is 8.41. The van der Waals surface area contributed by atoms with E-state index in [1.165, 1.54) is 9.80 Å². The molecule has 0 saturated heterocycles. The summed E-state index contributed by atoms with van der Waals surface area (Å²) in [6.45, 7) is 3.96. The van der Waals surface area contributed by atoms with Crippen LogP contribution in [0.2, 0.25) is 0 Å². The molecule has 2 amide bonds. The highest BCUT2D eigenvalue weighted by atomic mass is 16.5. The first-order valence-corrected chi connectivity index (χ1v) is 12.1. The average molecular weight is 529 g/mol. The van der Waals surface area contributed by atoms with E-state index in [-0.39, 0.29) is 25.0 Å². The molecule has 0 bridgehead atoms. The van der Waals surface area contributed by atoms with Crippen molar-refractivity contribution in [2.75, 3.05) is 23.0 Å². The Balaban J connectivity index is 1.42. The summed E-state index contributed by atoms with van der Waals surface area (Å²) in [6.07, 6.45) is 1.19. The molecule has 0 saturated carbocycles. The molecule has 11 nitrogen and oxygen atoms in total. The maximum Gasteiger partial charge on any atom is 0.354 e. The van der Waals surface area contributed by atoms with Gasteiger partial charge in [0.2, 0.25) is 24.6 Å². The van der Waals surface area contributed by atoms with E-state index in [2.05, 4.69) is 9.97 Å². The number of anilines is 4. The number of ether oxygens (including phenoxy) is 2. The molecule has 198 valence electrons. The number of aromatic amines is 2. The summed E-state index contributed by atoms with van der Waals surface area (Å²) in [7, 11) is 0. The third-order valence-electron chi connectivity index (χ3n) is 6.02. The first kappa shape index (κ1) is 25.3. The molecule has 0 aliphatic carbocycles. The number of benzene rings is 2. The molecule has 0 aliphatic rings. The van der Waals surface area contributed by atoms with Gasteiger partial charge in [-0.05, 0) is 62.4 Å². The van der Waals surface area contributed by atoms with Gasteiger partial charge in [-0.1, -0.05) is 0 Å². The van der Waals surface area contributed by atoms with Crippen molar-refractivity contribution in [3.05, 3.63) is 72.1 Å². The van der Waals surface area contributed by atoms with E-state index in [0.29, 0.717) is 57.4 Å². The molecule has 2 N–H and O–H groups in total. The van der Waals surface area contributed by atoms with Crippen LogP contribution < -0.4 is 9.80 Å². The largest absolute Gasteiger partial charge is 0.461 e. The minimum absolute atomic E-state index is 0.180. The smallest absolute Gasteiger partial charge is 0.354 e. The number of carbonyl (C=O) groups excluding carboxylic acids is 4. The number of fused-ring (bicyclic) bond motifs is 2. The van der Waals surface area contributed by atoms with Crippen molar-refractivity contribution in [1.29, 1.82) is 0 Å². The monoisotopic (exact) mass is 528 g/mol. The fourth-order valence-corrected chi connectivity index (χ4v) is 4.23. The van der Waals surface area contributed by atoms with E-state index in [1.807, 2.05) is 0 Å². The second-order valence-electron chi connectivity index (χ2n) is 8.41. The Kier molecular flexibility index (Phi) is 6.87. The Morgan fingerprint density at radius 2 is 1.15 bits per heavy atom. The molecule has 11 heteroatoms. The van der Waals surface area contributed by atoms with Crippen molar-refractivity contribution in [2.24, 2.45) is 0 Å². The Hall–Kier alpha value is -5.32. The van der Waals surface area contributed by atoms with Crippen LogP contribution in [0.5, 0.6) is 0 Å². The van der Waals surface area contributed by atoms with Gasteiger partial charge in [0, 0.05) is 33.9 Å². The van der Waals surface area contributed by atoms with Gasteiger partial charge in [0.25, 0.3) is 0 Å². The molecule has 0 atom stereocenters. The van der Waals surface area contributed by atoms with Gasteiger partial charge in [0.15, 0.2) is 0 Å². The van der Waals surface area contributed by atoms with Crippen LogP contribution in [0.1, 0.15) is 34.8 Å². The maximum absolute atomic E-state index is 12.1. The minimum atomic E-state index is -0.470. The number of amides is 2. The molecule has 3 heterocycles. The third kappa shape index (κ3) is 4.85. The van der Waals surface area contributed by atoms with Crippen LogP contribution in [-0.2, 0) is 19.1 Å². The van der Waals surface area contributed by atoms with Gasteiger partial charge in [-0.2, -0.15) is 0 Å². The van der Waals surface area contributed by atoms with Gasteiger partial charge in [-0.3, -0.25) is 19.4 Å². The molecule has 0 fully saturated rings. The first-order chi connectivity index (χ1) is 18.9. The molecule has 5 aromatic rings. The number of rotatable bonds is 10. The van der Waals surface area contributed by atoms with Crippen LogP contribution in [0.25, 0.3) is 21.8 Å². The average Bonchev–Trinajstić information content (AvgIpc) is 3.68. The zero-order valence-electron chi connectivity index (χ0n) is 21.1. The van der Waals surface area contributed by atoms with E-state index in [1.54, 1.807) is 74.5 Å². The van der Waals surface area contributed by atoms with Crippen molar-refractivity contribution in [3.63, 3.8) is 0 Å². The highest BCUT2D eigenvalue weighted by Gasteiger charge is 2.20. The zero-order valence-corrected chi connectivity index (χ0v) is 21.1. The molecule has 2 aromatic carbocycles. The summed E-state index contributed by atoms with van der Waals surface area (Å²) in [5.74, 6) is -0.580. The Bertz CT molecular complexity index is 1570. The molecule has 5 rings (SSSR count). The number of carbonyl (C=O) groups is 4. The maximum atomic E-state index is 12.1. The molecule has 0 radical (unpaired) electrons. The third-order valence-corrected chi connectivity index (χ3v) is 6.02. The predicted molar refractivity (Wildman–Crippen MR) is 144 cm³/mol. The minimum Gasteiger partial charge on any atom is -0.461 e. The first-order valence-electron chi connectivity index (χ1n) is 12.1. The molecule has 3 aromatic heterocycles. The quantitative estimate of drug-likeness (QED) is 0.188. The van der Waals surface area contributed by atoms with Crippen molar-refractivity contribution in [2.45, 2.75) is 13.8 Å². The van der Waals surface area contributed by atoms with E-state index >= 15 is 0 Å². The second kappa shape index (κ2) is 10.6. The Morgan fingerprint density at radius 1 is 0.718 bits per heavy atom.